The molecule has 0 spiro atoms. The van der Waals surface area contributed by atoms with Crippen molar-refractivity contribution < 1.29 is 38.0 Å². The average Bonchev–Trinajstić information content (AvgIpc) is 3.28. The summed E-state index contributed by atoms with van der Waals surface area (Å²) < 4.78 is 78.0. The van der Waals surface area contributed by atoms with E-state index in [9.17, 15) is 36.6 Å². The van der Waals surface area contributed by atoms with Crippen LogP contribution in [0.25, 0.3) is 0 Å². The zero-order chi connectivity index (χ0) is 26.9. The van der Waals surface area contributed by atoms with Crippen molar-refractivity contribution in [3.05, 3.63) is 93.5 Å². The van der Waals surface area contributed by atoms with Crippen LogP contribution in [-0.2, 0) is 5.60 Å². The molecule has 6 nitrogen and oxygen atoms in total. The van der Waals surface area contributed by atoms with Gasteiger partial charge in [0, 0.05) is 33.0 Å². The fourth-order valence-corrected chi connectivity index (χ4v) is 4.54. The predicted molar refractivity (Wildman–Crippen MR) is 120 cm³/mol. The van der Waals surface area contributed by atoms with Gasteiger partial charge in [0.2, 0.25) is 5.60 Å². The van der Waals surface area contributed by atoms with Gasteiger partial charge in [-0.1, -0.05) is 17.7 Å². The molecule has 0 radical (unpaired) electrons. The van der Waals surface area contributed by atoms with Gasteiger partial charge >= 0.3 is 12.2 Å². The first kappa shape index (κ1) is 22.7. The van der Waals surface area contributed by atoms with Crippen LogP contribution >= 0.6 is 11.6 Å². The number of benzene rings is 3. The normalized spacial score (nSPS) is 23.1. The topological polar surface area (TPSA) is 81.7 Å². The number of nitrogens with zero attached hydrogens (tertiary/aromatic N) is 1. The molecule has 5 rings (SSSR count). The van der Waals surface area contributed by atoms with Gasteiger partial charge in [0.25, 0.3) is 5.91 Å². The lowest BCUT2D eigenvalue weighted by atomic mass is 9.95. The van der Waals surface area contributed by atoms with E-state index in [1.165, 1.54) is 24.3 Å². The van der Waals surface area contributed by atoms with Crippen LogP contribution in [0.2, 0.25) is 5.02 Å². The van der Waals surface area contributed by atoms with Crippen LogP contribution in [0.1, 0.15) is 34.4 Å². The molecule has 0 unspecified atom stereocenters. The summed E-state index contributed by atoms with van der Waals surface area (Å²) in [5.41, 5.74) is -5.22. The molecule has 3 amide bonds. The smallest absolute Gasteiger partial charge is 0.375 e. The Balaban J connectivity index is 1.58. The Morgan fingerprint density at radius 3 is 2.58 bits per heavy atom. The minimum atomic E-state index is -5.24. The Kier molecular flexibility index (Phi) is 5.16. The molecular weight excluding hydrogens is 509 g/mol. The van der Waals surface area contributed by atoms with Crippen molar-refractivity contribution >= 4 is 34.9 Å². The van der Waals surface area contributed by atoms with Crippen LogP contribution in [0.5, 0.6) is 0 Å². The van der Waals surface area contributed by atoms with E-state index in [4.69, 9.17) is 13.0 Å². The molecule has 3 aromatic rings. The van der Waals surface area contributed by atoms with E-state index in [1.807, 2.05) is 0 Å². The van der Waals surface area contributed by atoms with Crippen molar-refractivity contribution in [2.24, 2.45) is 0 Å². The summed E-state index contributed by atoms with van der Waals surface area (Å²) in [6.07, 6.45) is -5.24. The summed E-state index contributed by atoms with van der Waals surface area (Å²) >= 11 is 6.19. The van der Waals surface area contributed by atoms with Crippen LogP contribution in [-0.4, -0.2) is 29.8 Å². The van der Waals surface area contributed by atoms with E-state index in [-0.39, 0.29) is 33.1 Å². The largest absolute Gasteiger partial charge is 0.423 e. The highest BCUT2D eigenvalue weighted by molar-refractivity contribution is 6.31. The van der Waals surface area contributed by atoms with E-state index in [1.54, 1.807) is 0 Å². The third-order valence-corrected chi connectivity index (χ3v) is 6.36. The van der Waals surface area contributed by atoms with Gasteiger partial charge in [-0.3, -0.25) is 9.69 Å². The molecule has 186 valence electrons. The van der Waals surface area contributed by atoms with E-state index in [2.05, 4.69) is 10.6 Å². The van der Waals surface area contributed by atoms with Crippen LogP contribution in [0, 0.1) is 11.6 Å². The molecule has 3 N–H and O–H groups in total. The lowest BCUT2D eigenvalue weighted by Crippen LogP contribution is -2.48. The van der Waals surface area contributed by atoms with Gasteiger partial charge in [-0.2, -0.15) is 13.2 Å². The fraction of sp³-hybridized carbons (Fsp3) is 0.167. The van der Waals surface area contributed by atoms with Crippen molar-refractivity contribution in [2.45, 2.75) is 17.8 Å². The molecule has 2 aliphatic rings. The van der Waals surface area contributed by atoms with Gasteiger partial charge in [0.15, 0.2) is 0 Å². The van der Waals surface area contributed by atoms with Crippen LogP contribution < -0.4 is 15.5 Å². The number of amides is 3. The van der Waals surface area contributed by atoms with Crippen molar-refractivity contribution in [3.8, 4) is 0 Å². The van der Waals surface area contributed by atoms with Crippen LogP contribution in [0.4, 0.5) is 38.1 Å². The molecule has 0 bridgehead atoms. The number of fused-ring (bicyclic) bond motifs is 2. The number of carbonyl (C=O) groups excluding carboxylic acids is 2. The highest BCUT2D eigenvalue weighted by atomic mass is 35.5. The number of anilines is 2. The van der Waals surface area contributed by atoms with Gasteiger partial charge in [0.05, 0.1) is 19.6 Å². The second-order valence-corrected chi connectivity index (χ2v) is 8.62. The number of β-amino-alcohol motifs (C(OH)–C–C–N with tert-alkyl or cyclic N) is 1. The van der Waals surface area contributed by atoms with Crippen molar-refractivity contribution in [1.82, 2.24) is 5.32 Å². The number of halogens is 6. The maximum absolute atomic E-state index is 14.0. The monoisotopic (exact) mass is 524 g/mol. The molecule has 3 aromatic carbocycles. The van der Waals surface area contributed by atoms with Crippen molar-refractivity contribution in [1.29, 1.82) is 0 Å². The first-order chi connectivity index (χ1) is 17.3. The van der Waals surface area contributed by atoms with Gasteiger partial charge < -0.3 is 15.7 Å². The molecule has 36 heavy (non-hydrogen) atoms. The number of alkyl halides is 3. The highest BCUT2D eigenvalue weighted by Gasteiger charge is 2.61. The summed E-state index contributed by atoms with van der Waals surface area (Å²) in [6, 6.07) is 6.14. The lowest BCUT2D eigenvalue weighted by Gasteiger charge is -2.27. The Hall–Kier alpha value is -3.70. The van der Waals surface area contributed by atoms with Crippen LogP contribution in [0.15, 0.2) is 54.6 Å². The maximum Gasteiger partial charge on any atom is 0.423 e. The summed E-state index contributed by atoms with van der Waals surface area (Å²) in [6.45, 7) is -1.27. The number of rotatable bonds is 2. The number of aliphatic hydroxyl groups is 1. The molecule has 0 fully saturated rings. The summed E-state index contributed by atoms with van der Waals surface area (Å²) in [4.78, 5) is 26.4. The van der Waals surface area contributed by atoms with E-state index >= 15 is 0 Å². The molecule has 12 heteroatoms. The number of hydrogen-bond acceptors (Lipinski definition) is 3. The average molecular weight is 525 g/mol. The van der Waals surface area contributed by atoms with Crippen molar-refractivity contribution in [3.63, 3.8) is 0 Å². The minimum absolute atomic E-state index is 0.0520. The van der Waals surface area contributed by atoms with E-state index < -0.39 is 53.5 Å². The summed E-state index contributed by atoms with van der Waals surface area (Å²) in [5, 5.41) is 15.1. The molecule has 2 heterocycles. The number of carbonyl (C=O) groups is 2. The zero-order valence-corrected chi connectivity index (χ0v) is 18.6. The lowest BCUT2D eigenvalue weighted by molar-refractivity contribution is -0.258. The number of urea groups is 1. The van der Waals surface area contributed by atoms with Gasteiger partial charge in [-0.05, 0) is 48.5 Å². The first-order valence-electron chi connectivity index (χ1n) is 10.9. The van der Waals surface area contributed by atoms with E-state index in [0.29, 0.717) is 11.0 Å². The second kappa shape index (κ2) is 8.17. The quantitative estimate of drug-likeness (QED) is 0.400. The molecular formula is C24H15ClF5N3O3. The Labute approximate surface area is 206 Å². The molecule has 0 aliphatic carbocycles. The summed E-state index contributed by atoms with van der Waals surface area (Å²) in [5.74, 6) is -2.52. The molecule has 0 aromatic heterocycles. The Bertz CT molecular complexity index is 1490. The van der Waals surface area contributed by atoms with Crippen LogP contribution in [0.3, 0.4) is 0 Å². The van der Waals surface area contributed by atoms with Gasteiger partial charge in [-0.15, -0.1) is 0 Å². The molecule has 0 saturated heterocycles. The SMILES string of the molecule is [2H][C@]1(c2cc(F)ccc2Cl)NC(=O)c2cccc(NC(=O)N3C[C@@](O)(C(F)(F)F)c4cc(F)ccc43)c21. The van der Waals surface area contributed by atoms with E-state index in [0.717, 1.165) is 24.3 Å². The Morgan fingerprint density at radius 2 is 1.86 bits per heavy atom. The third kappa shape index (κ3) is 3.66. The minimum Gasteiger partial charge on any atom is -0.375 e. The number of hydrogen-bond donors (Lipinski definition) is 3. The zero-order valence-electron chi connectivity index (χ0n) is 18.9. The highest BCUT2D eigenvalue weighted by Crippen LogP contribution is 2.49. The fourth-order valence-electron chi connectivity index (χ4n) is 4.33. The number of nitrogens with one attached hydrogen (secondary N) is 2. The first-order valence-corrected chi connectivity index (χ1v) is 10.7. The molecule has 2 aliphatic heterocycles. The predicted octanol–water partition coefficient (Wildman–Crippen LogP) is 5.25. The Morgan fingerprint density at radius 1 is 1.17 bits per heavy atom. The molecule has 0 saturated carbocycles. The maximum atomic E-state index is 14.0. The summed E-state index contributed by atoms with van der Waals surface area (Å²) in [7, 11) is 0. The second-order valence-electron chi connectivity index (χ2n) is 8.22. The van der Waals surface area contributed by atoms with Crippen molar-refractivity contribution in [2.75, 3.05) is 16.8 Å². The molecule has 2 atom stereocenters. The standard InChI is InChI=1S/C24H15ClF5N3O3/c25-16-6-4-11(26)8-14(16)20-19-13(21(34)32-20)2-1-3-17(19)31-22(35)33-10-23(36,24(28,29)30)15-9-12(27)5-7-18(15)33/h1-9,20,36H,10H2,(H,31,35)(H,32,34)/t20-,23+/m1/s1/i20D. The van der Waals surface area contributed by atoms with Gasteiger partial charge in [0.1, 0.15) is 11.6 Å². The van der Waals surface area contributed by atoms with Gasteiger partial charge in [-0.25, -0.2) is 13.6 Å². The third-order valence-electron chi connectivity index (χ3n) is 6.03.